The summed E-state index contributed by atoms with van der Waals surface area (Å²) in [4.78, 5) is 0. The summed E-state index contributed by atoms with van der Waals surface area (Å²) in [5.74, 6) is 1.64. The molecule has 0 amide bonds. The monoisotopic (exact) mass is 191 g/mol. The van der Waals surface area contributed by atoms with Crippen LogP contribution in [0.2, 0.25) is 0 Å². The van der Waals surface area contributed by atoms with Gasteiger partial charge < -0.3 is 5.73 Å². The van der Waals surface area contributed by atoms with E-state index in [1.54, 1.807) is 0 Å². The molecule has 0 aromatic heterocycles. The van der Waals surface area contributed by atoms with E-state index in [0.29, 0.717) is 6.54 Å². The van der Waals surface area contributed by atoms with Crippen LogP contribution in [0, 0.1) is 5.41 Å². The molecule has 0 fully saturated rings. The third-order valence-corrected chi connectivity index (χ3v) is 3.51. The van der Waals surface area contributed by atoms with Gasteiger partial charge >= 0.3 is 0 Å². The highest BCUT2D eigenvalue weighted by Gasteiger charge is 2.16. The number of nitrogens with two attached hydrogens (primary N) is 1. The molecule has 3 heteroatoms. The third-order valence-electron chi connectivity index (χ3n) is 1.99. The Morgan fingerprint density at radius 2 is 1.92 bits per heavy atom. The van der Waals surface area contributed by atoms with Gasteiger partial charge in [0.05, 0.1) is 0 Å². The van der Waals surface area contributed by atoms with Crippen LogP contribution >= 0.6 is 0 Å². The van der Waals surface area contributed by atoms with Crippen LogP contribution in [0.4, 0.5) is 0 Å². The van der Waals surface area contributed by atoms with Crippen LogP contribution in [0.15, 0.2) is 0 Å². The zero-order valence-electron chi connectivity index (χ0n) is 8.43. The molecular formula is C9H21NOS. The second-order valence-corrected chi connectivity index (χ2v) is 5.66. The van der Waals surface area contributed by atoms with Gasteiger partial charge in [-0.25, -0.2) is 0 Å². The first-order valence-corrected chi connectivity index (χ1v) is 6.05. The van der Waals surface area contributed by atoms with E-state index < -0.39 is 10.8 Å². The van der Waals surface area contributed by atoms with Crippen LogP contribution in [0.25, 0.3) is 0 Å². The standard InChI is InChI=1S/C9H21NOS/c1-4-6-12(11)7-5-9(2,3)8-10/h4-8,10H2,1-3H3. The van der Waals surface area contributed by atoms with Crippen LogP contribution < -0.4 is 5.73 Å². The van der Waals surface area contributed by atoms with Crippen molar-refractivity contribution in [2.75, 3.05) is 18.1 Å². The molecule has 0 saturated heterocycles. The SMILES string of the molecule is CCCS(=O)CCC(C)(C)CN. The molecule has 0 radical (unpaired) electrons. The summed E-state index contributed by atoms with van der Waals surface area (Å²) in [5, 5.41) is 0. The van der Waals surface area contributed by atoms with Gasteiger partial charge in [0.15, 0.2) is 0 Å². The molecule has 0 saturated carbocycles. The highest BCUT2D eigenvalue weighted by atomic mass is 32.2. The molecule has 0 heterocycles. The van der Waals surface area contributed by atoms with E-state index in [-0.39, 0.29) is 5.41 Å². The van der Waals surface area contributed by atoms with Gasteiger partial charge in [0, 0.05) is 22.3 Å². The van der Waals surface area contributed by atoms with Crippen LogP contribution in [0.5, 0.6) is 0 Å². The van der Waals surface area contributed by atoms with Crippen LogP contribution in [-0.4, -0.2) is 22.3 Å². The summed E-state index contributed by atoms with van der Waals surface area (Å²) >= 11 is 0. The molecule has 0 aromatic carbocycles. The predicted molar refractivity (Wildman–Crippen MR) is 55.6 cm³/mol. The van der Waals surface area contributed by atoms with Crippen molar-refractivity contribution < 1.29 is 4.21 Å². The largest absolute Gasteiger partial charge is 0.330 e. The van der Waals surface area contributed by atoms with Crippen LogP contribution in [0.1, 0.15) is 33.6 Å². The summed E-state index contributed by atoms with van der Waals surface area (Å²) in [6, 6.07) is 0. The Hall–Kier alpha value is 0.110. The molecule has 0 aliphatic heterocycles. The molecule has 0 aliphatic rings. The Morgan fingerprint density at radius 3 is 2.33 bits per heavy atom. The normalized spacial score (nSPS) is 14.7. The van der Waals surface area contributed by atoms with Gasteiger partial charge in [0.1, 0.15) is 0 Å². The fraction of sp³-hybridized carbons (Fsp3) is 1.00. The van der Waals surface area contributed by atoms with Crippen molar-refractivity contribution in [3.8, 4) is 0 Å². The summed E-state index contributed by atoms with van der Waals surface area (Å²) in [5.41, 5.74) is 5.72. The molecule has 12 heavy (non-hydrogen) atoms. The molecule has 0 bridgehead atoms. The van der Waals surface area contributed by atoms with Gasteiger partial charge in [-0.2, -0.15) is 0 Å². The van der Waals surface area contributed by atoms with E-state index in [0.717, 1.165) is 24.3 Å². The maximum Gasteiger partial charge on any atom is 0.0240 e. The first-order valence-electron chi connectivity index (χ1n) is 4.57. The zero-order valence-corrected chi connectivity index (χ0v) is 9.25. The fourth-order valence-corrected chi connectivity index (χ4v) is 2.26. The molecule has 1 atom stereocenters. The first-order chi connectivity index (χ1) is 5.52. The third kappa shape index (κ3) is 5.72. The molecule has 0 rings (SSSR count). The van der Waals surface area contributed by atoms with Crippen molar-refractivity contribution in [2.24, 2.45) is 11.1 Å². The van der Waals surface area contributed by atoms with Crippen molar-refractivity contribution in [3.63, 3.8) is 0 Å². The van der Waals surface area contributed by atoms with Gasteiger partial charge in [-0.3, -0.25) is 4.21 Å². The molecule has 0 spiro atoms. The minimum absolute atomic E-state index is 0.156. The summed E-state index contributed by atoms with van der Waals surface area (Å²) in [6.07, 6.45) is 1.98. The quantitative estimate of drug-likeness (QED) is 0.691. The van der Waals surface area contributed by atoms with Crippen molar-refractivity contribution in [1.29, 1.82) is 0 Å². The van der Waals surface area contributed by atoms with Gasteiger partial charge in [-0.05, 0) is 24.8 Å². The Labute approximate surface area is 78.4 Å². The molecule has 1 unspecified atom stereocenters. The minimum Gasteiger partial charge on any atom is -0.330 e. The summed E-state index contributed by atoms with van der Waals surface area (Å²) < 4.78 is 11.3. The zero-order chi connectivity index (χ0) is 9.61. The van der Waals surface area contributed by atoms with E-state index in [1.807, 2.05) is 0 Å². The van der Waals surface area contributed by atoms with E-state index in [1.165, 1.54) is 0 Å². The highest BCUT2D eigenvalue weighted by Crippen LogP contribution is 2.18. The first kappa shape index (κ1) is 12.1. The van der Waals surface area contributed by atoms with Gasteiger partial charge in [0.2, 0.25) is 0 Å². The van der Waals surface area contributed by atoms with E-state index in [9.17, 15) is 4.21 Å². The predicted octanol–water partition coefficient (Wildman–Crippen LogP) is 1.52. The Balaban J connectivity index is 3.60. The van der Waals surface area contributed by atoms with Crippen LogP contribution in [-0.2, 0) is 10.8 Å². The maximum atomic E-state index is 11.3. The molecule has 2 nitrogen and oxygen atoms in total. The Bertz CT molecular complexity index is 145. The Morgan fingerprint density at radius 1 is 1.33 bits per heavy atom. The van der Waals surface area contributed by atoms with Gasteiger partial charge in [-0.15, -0.1) is 0 Å². The van der Waals surface area contributed by atoms with E-state index >= 15 is 0 Å². The van der Waals surface area contributed by atoms with Crippen molar-refractivity contribution in [2.45, 2.75) is 33.6 Å². The molecule has 2 N–H and O–H groups in total. The van der Waals surface area contributed by atoms with Crippen LogP contribution in [0.3, 0.4) is 0 Å². The van der Waals surface area contributed by atoms with Gasteiger partial charge in [-0.1, -0.05) is 20.8 Å². The Kier molecular flexibility index (Phi) is 5.76. The lowest BCUT2D eigenvalue weighted by atomic mass is 9.91. The van der Waals surface area contributed by atoms with E-state index in [4.69, 9.17) is 5.73 Å². The average Bonchev–Trinajstić information content (AvgIpc) is 2.02. The molecule has 74 valence electrons. The highest BCUT2D eigenvalue weighted by molar-refractivity contribution is 7.84. The lowest BCUT2D eigenvalue weighted by molar-refractivity contribution is 0.367. The summed E-state index contributed by atoms with van der Waals surface area (Å²) in [6.45, 7) is 6.98. The average molecular weight is 191 g/mol. The number of hydrogen-bond donors (Lipinski definition) is 1. The van der Waals surface area contributed by atoms with Crippen molar-refractivity contribution >= 4 is 10.8 Å². The summed E-state index contributed by atoms with van der Waals surface area (Å²) in [7, 11) is -0.624. The topological polar surface area (TPSA) is 43.1 Å². The lowest BCUT2D eigenvalue weighted by Crippen LogP contribution is -2.25. The number of rotatable bonds is 6. The molecule has 0 aliphatic carbocycles. The van der Waals surface area contributed by atoms with Crippen molar-refractivity contribution in [1.82, 2.24) is 0 Å². The minimum atomic E-state index is -0.624. The van der Waals surface area contributed by atoms with Gasteiger partial charge in [0.25, 0.3) is 0 Å². The second kappa shape index (κ2) is 5.70. The fourth-order valence-electron chi connectivity index (χ4n) is 0.822. The van der Waals surface area contributed by atoms with Crippen molar-refractivity contribution in [3.05, 3.63) is 0 Å². The smallest absolute Gasteiger partial charge is 0.0240 e. The lowest BCUT2D eigenvalue weighted by Gasteiger charge is -2.21. The molecular weight excluding hydrogens is 170 g/mol. The maximum absolute atomic E-state index is 11.3. The number of hydrogen-bond acceptors (Lipinski definition) is 2. The molecule has 0 aromatic rings. The second-order valence-electron chi connectivity index (χ2n) is 3.97. The van der Waals surface area contributed by atoms with E-state index in [2.05, 4.69) is 20.8 Å².